The Morgan fingerprint density at radius 1 is 1.29 bits per heavy atom. The number of β-amino-alcohol motifs (C(OH)–C–C–N with tert-alkyl or cyclic N) is 1. The molecule has 28 heavy (non-hydrogen) atoms. The van der Waals surface area contributed by atoms with Crippen LogP contribution in [0.15, 0.2) is 36.7 Å². The summed E-state index contributed by atoms with van der Waals surface area (Å²) in [7, 11) is 0. The second kappa shape index (κ2) is 9.23. The lowest BCUT2D eigenvalue weighted by Gasteiger charge is -2.29. The highest BCUT2D eigenvalue weighted by Gasteiger charge is 2.27. The molecule has 0 aliphatic carbocycles. The molecule has 0 radical (unpaired) electrons. The van der Waals surface area contributed by atoms with Gasteiger partial charge in [0.15, 0.2) is 12.4 Å². The van der Waals surface area contributed by atoms with Gasteiger partial charge in [-0.2, -0.15) is 0 Å². The average Bonchev–Trinajstić information content (AvgIpc) is 2.66. The van der Waals surface area contributed by atoms with E-state index in [2.05, 4.69) is 29.5 Å². The number of aromatic nitrogens is 1. The number of fused-ring (bicyclic) bond motifs is 1. The number of rotatable bonds is 7. The maximum absolute atomic E-state index is 11.5. The van der Waals surface area contributed by atoms with Crippen molar-refractivity contribution in [1.82, 2.24) is 10.3 Å². The lowest BCUT2D eigenvalue weighted by atomic mass is 9.95. The zero-order chi connectivity index (χ0) is 19.4. The van der Waals surface area contributed by atoms with Gasteiger partial charge in [-0.25, -0.2) is 0 Å². The van der Waals surface area contributed by atoms with Crippen molar-refractivity contribution in [1.29, 1.82) is 0 Å². The Balaban J connectivity index is 0.00000280. The van der Waals surface area contributed by atoms with E-state index in [1.165, 1.54) is 11.6 Å². The summed E-state index contributed by atoms with van der Waals surface area (Å²) in [5, 5.41) is 26.5. The third-order valence-electron chi connectivity index (χ3n) is 4.70. The number of phenolic OH excluding ortho intramolecular Hbond substituents is 1. The van der Waals surface area contributed by atoms with Gasteiger partial charge in [0.05, 0.1) is 6.10 Å². The van der Waals surface area contributed by atoms with Gasteiger partial charge < -0.3 is 25.6 Å². The van der Waals surface area contributed by atoms with Crippen LogP contribution in [0.4, 0.5) is 5.69 Å². The molecule has 7 nitrogen and oxygen atoms in total. The molecule has 0 fully saturated rings. The van der Waals surface area contributed by atoms with E-state index in [4.69, 9.17) is 4.74 Å². The summed E-state index contributed by atoms with van der Waals surface area (Å²) in [5.74, 6) is -0.0991. The number of phenols is 1. The fourth-order valence-electron chi connectivity index (χ4n) is 3.02. The van der Waals surface area contributed by atoms with Crippen LogP contribution in [-0.2, 0) is 11.2 Å². The standard InChI is InChI=1S/C20H25N3O4.ClH/c1-20(2,8-5-13-6-9-21-10-7-13)22-11-16(25)14-3-4-15(24)18-19(14)27-12-17(26)23-18;/h3-4,6-7,9-10,16,22,24-25H,5,8,11-12H2,1-2H3,(H,23,26);1H. The number of halogens is 1. The van der Waals surface area contributed by atoms with Crippen LogP contribution in [-0.4, -0.2) is 39.8 Å². The molecule has 0 saturated heterocycles. The quantitative estimate of drug-likeness (QED) is 0.526. The van der Waals surface area contributed by atoms with E-state index in [0.717, 1.165) is 12.8 Å². The molecule has 3 rings (SSSR count). The molecule has 0 bridgehead atoms. The van der Waals surface area contributed by atoms with Gasteiger partial charge in [-0.3, -0.25) is 9.78 Å². The summed E-state index contributed by atoms with van der Waals surface area (Å²) < 4.78 is 5.44. The van der Waals surface area contributed by atoms with Crippen LogP contribution in [0.5, 0.6) is 11.5 Å². The van der Waals surface area contributed by atoms with E-state index in [-0.39, 0.29) is 41.9 Å². The predicted octanol–water partition coefficient (Wildman–Crippen LogP) is 2.57. The van der Waals surface area contributed by atoms with Gasteiger partial charge in [-0.1, -0.05) is 0 Å². The average molecular weight is 408 g/mol. The van der Waals surface area contributed by atoms with Crippen molar-refractivity contribution in [2.24, 2.45) is 0 Å². The van der Waals surface area contributed by atoms with Gasteiger partial charge >= 0.3 is 0 Å². The molecule has 8 heteroatoms. The molecule has 1 aliphatic heterocycles. The first-order chi connectivity index (χ1) is 12.9. The van der Waals surface area contributed by atoms with E-state index >= 15 is 0 Å². The summed E-state index contributed by atoms with van der Waals surface area (Å²) >= 11 is 0. The van der Waals surface area contributed by atoms with Gasteiger partial charge in [0.1, 0.15) is 11.4 Å². The molecule has 0 spiro atoms. The van der Waals surface area contributed by atoms with Crippen molar-refractivity contribution < 1.29 is 19.7 Å². The first kappa shape index (κ1) is 21.9. The van der Waals surface area contributed by atoms with Gasteiger partial charge in [0, 0.05) is 30.0 Å². The molecule has 2 aromatic rings. The van der Waals surface area contributed by atoms with Crippen LogP contribution in [0.25, 0.3) is 0 Å². The third-order valence-corrected chi connectivity index (χ3v) is 4.70. The van der Waals surface area contributed by atoms with Crippen LogP contribution >= 0.6 is 12.4 Å². The lowest BCUT2D eigenvalue weighted by molar-refractivity contribution is -0.118. The minimum Gasteiger partial charge on any atom is -0.506 e. The summed E-state index contributed by atoms with van der Waals surface area (Å²) in [6.45, 7) is 4.35. The van der Waals surface area contributed by atoms with E-state index in [1.54, 1.807) is 18.5 Å². The molecule has 1 unspecified atom stereocenters. The van der Waals surface area contributed by atoms with Crippen LogP contribution < -0.4 is 15.4 Å². The Morgan fingerprint density at radius 2 is 2.00 bits per heavy atom. The zero-order valence-electron chi connectivity index (χ0n) is 15.9. The maximum Gasteiger partial charge on any atom is 0.262 e. The van der Waals surface area contributed by atoms with Crippen LogP contribution in [0.3, 0.4) is 0 Å². The van der Waals surface area contributed by atoms with E-state index in [9.17, 15) is 15.0 Å². The van der Waals surface area contributed by atoms with Gasteiger partial charge in [-0.05, 0) is 56.5 Å². The predicted molar refractivity (Wildman–Crippen MR) is 109 cm³/mol. The summed E-state index contributed by atoms with van der Waals surface area (Å²) in [5.41, 5.74) is 1.77. The first-order valence-electron chi connectivity index (χ1n) is 8.96. The number of benzene rings is 1. The molecule has 1 aromatic carbocycles. The minimum absolute atomic E-state index is 0. The number of aromatic hydroxyl groups is 1. The summed E-state index contributed by atoms with van der Waals surface area (Å²) in [4.78, 5) is 15.5. The van der Waals surface area contributed by atoms with E-state index < -0.39 is 6.10 Å². The fraction of sp³-hybridized carbons (Fsp3) is 0.400. The SMILES string of the molecule is CC(C)(CCc1ccncc1)NCC(O)c1ccc(O)c2c1OCC(=O)N2.Cl. The van der Waals surface area contributed by atoms with E-state index in [1.807, 2.05) is 12.1 Å². The topological polar surface area (TPSA) is 104 Å². The smallest absolute Gasteiger partial charge is 0.262 e. The number of ether oxygens (including phenoxy) is 1. The molecule has 0 saturated carbocycles. The second-order valence-electron chi connectivity index (χ2n) is 7.35. The number of aliphatic hydroxyl groups is 1. The van der Waals surface area contributed by atoms with Crippen LogP contribution in [0.1, 0.15) is 37.5 Å². The fourth-order valence-corrected chi connectivity index (χ4v) is 3.02. The summed E-state index contributed by atoms with van der Waals surface area (Å²) in [6, 6.07) is 7.06. The molecule has 2 heterocycles. The lowest BCUT2D eigenvalue weighted by Crippen LogP contribution is -2.42. The Kier molecular flexibility index (Phi) is 7.23. The number of nitrogens with zero attached hydrogens (tertiary/aromatic N) is 1. The Hall–Kier alpha value is -2.35. The minimum atomic E-state index is -0.838. The number of carbonyl (C=O) groups is 1. The van der Waals surface area contributed by atoms with Crippen molar-refractivity contribution in [3.63, 3.8) is 0 Å². The number of anilines is 1. The number of hydrogen-bond donors (Lipinski definition) is 4. The number of nitrogens with one attached hydrogen (secondary N) is 2. The number of pyridine rings is 1. The van der Waals surface area contributed by atoms with Crippen molar-refractivity contribution >= 4 is 24.0 Å². The zero-order valence-corrected chi connectivity index (χ0v) is 16.8. The molecule has 1 atom stereocenters. The maximum atomic E-state index is 11.5. The third kappa shape index (κ3) is 5.34. The molecular formula is C20H26ClN3O4. The Labute approximate surface area is 170 Å². The molecule has 4 N–H and O–H groups in total. The number of carbonyl (C=O) groups excluding carboxylic acids is 1. The molecule has 1 aliphatic rings. The second-order valence-corrected chi connectivity index (χ2v) is 7.35. The van der Waals surface area contributed by atoms with Gasteiger partial charge in [0.2, 0.25) is 0 Å². The number of amides is 1. The van der Waals surface area contributed by atoms with Crippen molar-refractivity contribution in [2.45, 2.75) is 38.3 Å². The van der Waals surface area contributed by atoms with Gasteiger partial charge in [-0.15, -0.1) is 12.4 Å². The largest absolute Gasteiger partial charge is 0.506 e. The monoisotopic (exact) mass is 407 g/mol. The highest BCUT2D eigenvalue weighted by molar-refractivity contribution is 5.97. The van der Waals surface area contributed by atoms with Crippen LogP contribution in [0, 0.1) is 0 Å². The Morgan fingerprint density at radius 3 is 2.71 bits per heavy atom. The first-order valence-corrected chi connectivity index (χ1v) is 8.96. The van der Waals surface area contributed by atoms with Crippen molar-refractivity contribution in [2.75, 3.05) is 18.5 Å². The Bertz CT molecular complexity index is 815. The molecule has 1 aromatic heterocycles. The number of aliphatic hydroxyl groups excluding tert-OH is 1. The van der Waals surface area contributed by atoms with Crippen molar-refractivity contribution in [3.05, 3.63) is 47.8 Å². The number of hydrogen-bond acceptors (Lipinski definition) is 6. The summed E-state index contributed by atoms with van der Waals surface area (Å²) in [6.07, 6.45) is 4.53. The van der Waals surface area contributed by atoms with E-state index in [0.29, 0.717) is 17.9 Å². The van der Waals surface area contributed by atoms with Gasteiger partial charge in [0.25, 0.3) is 5.91 Å². The molecule has 1 amide bonds. The molecular weight excluding hydrogens is 382 g/mol. The highest BCUT2D eigenvalue weighted by atomic mass is 35.5. The highest BCUT2D eigenvalue weighted by Crippen LogP contribution is 2.41. The molecule has 152 valence electrons. The number of aryl methyl sites for hydroxylation is 1. The van der Waals surface area contributed by atoms with Crippen LogP contribution in [0.2, 0.25) is 0 Å². The van der Waals surface area contributed by atoms with Crippen molar-refractivity contribution in [3.8, 4) is 11.5 Å². The normalized spacial score (nSPS) is 14.3.